The predicted octanol–water partition coefficient (Wildman–Crippen LogP) is 3.38. The maximum atomic E-state index is 4.36. The van der Waals surface area contributed by atoms with Crippen LogP contribution in [0, 0.1) is 12.3 Å². The van der Waals surface area contributed by atoms with E-state index in [1.165, 1.54) is 31.2 Å². The van der Waals surface area contributed by atoms with Gasteiger partial charge in [0.1, 0.15) is 5.82 Å². The summed E-state index contributed by atoms with van der Waals surface area (Å²) in [5.74, 6) is 1.01. The second-order valence-corrected chi connectivity index (χ2v) is 5.09. The normalized spacial score (nSPS) is 19.1. The molecule has 0 unspecified atom stereocenters. The van der Waals surface area contributed by atoms with E-state index in [0.29, 0.717) is 5.41 Å². The third-order valence-corrected chi connectivity index (χ3v) is 3.42. The molecule has 82 valence electrons. The molecule has 2 nitrogen and oxygen atoms in total. The van der Waals surface area contributed by atoms with Crippen LogP contribution in [0.3, 0.4) is 0 Å². The number of rotatable bonds is 3. The molecule has 0 amide bonds. The Morgan fingerprint density at radius 2 is 2.07 bits per heavy atom. The van der Waals surface area contributed by atoms with E-state index in [1.54, 1.807) is 0 Å². The molecule has 0 radical (unpaired) electrons. The van der Waals surface area contributed by atoms with Crippen molar-refractivity contribution >= 4 is 5.82 Å². The van der Waals surface area contributed by atoms with Crippen molar-refractivity contribution < 1.29 is 0 Å². The number of aromatic nitrogens is 1. The Labute approximate surface area is 92.1 Å². The molecule has 1 heterocycles. The monoisotopic (exact) mass is 204 g/mol. The highest BCUT2D eigenvalue weighted by atomic mass is 15.0. The van der Waals surface area contributed by atoms with Crippen LogP contribution in [0.1, 0.15) is 38.2 Å². The number of hydrogen-bond donors (Lipinski definition) is 1. The molecule has 1 fully saturated rings. The van der Waals surface area contributed by atoms with Crippen LogP contribution in [0.15, 0.2) is 18.3 Å². The average molecular weight is 204 g/mol. The molecule has 15 heavy (non-hydrogen) atoms. The topological polar surface area (TPSA) is 24.9 Å². The molecule has 0 aliphatic heterocycles. The van der Waals surface area contributed by atoms with Gasteiger partial charge in [-0.25, -0.2) is 4.98 Å². The Hall–Kier alpha value is -1.05. The zero-order valence-corrected chi connectivity index (χ0v) is 9.71. The molecule has 1 aromatic heterocycles. The largest absolute Gasteiger partial charge is 0.370 e. The molecular formula is C13H20N2. The van der Waals surface area contributed by atoms with Crippen LogP contribution in [-0.2, 0) is 0 Å². The van der Waals surface area contributed by atoms with Crippen LogP contribution in [0.25, 0.3) is 0 Å². The predicted molar refractivity (Wildman–Crippen MR) is 64.0 cm³/mol. The van der Waals surface area contributed by atoms with Gasteiger partial charge in [-0.1, -0.05) is 25.8 Å². The van der Waals surface area contributed by atoms with Crippen molar-refractivity contribution in [1.29, 1.82) is 0 Å². The fourth-order valence-electron chi connectivity index (χ4n) is 2.28. The van der Waals surface area contributed by atoms with Crippen LogP contribution < -0.4 is 5.32 Å². The summed E-state index contributed by atoms with van der Waals surface area (Å²) in [5.41, 5.74) is 1.71. The quantitative estimate of drug-likeness (QED) is 0.816. The lowest BCUT2D eigenvalue weighted by Gasteiger charge is -2.23. The summed E-state index contributed by atoms with van der Waals surface area (Å²) in [6.07, 6.45) is 7.40. The van der Waals surface area contributed by atoms with Crippen LogP contribution in [0.5, 0.6) is 0 Å². The summed E-state index contributed by atoms with van der Waals surface area (Å²) in [6, 6.07) is 4.17. The molecule has 1 saturated carbocycles. The molecule has 1 aromatic rings. The van der Waals surface area contributed by atoms with Gasteiger partial charge in [-0.3, -0.25) is 0 Å². The summed E-state index contributed by atoms with van der Waals surface area (Å²) in [5, 5.41) is 3.44. The molecule has 1 aliphatic rings. The van der Waals surface area contributed by atoms with Gasteiger partial charge < -0.3 is 5.32 Å². The van der Waals surface area contributed by atoms with Gasteiger partial charge in [-0.2, -0.15) is 0 Å². The Balaban J connectivity index is 1.90. The average Bonchev–Trinajstić information content (AvgIpc) is 2.65. The standard InChI is InChI=1S/C13H20N2/c1-11-5-6-12(14-9-11)15-10-13(2)7-3-4-8-13/h5-6,9H,3-4,7-8,10H2,1-2H3,(H,14,15). The van der Waals surface area contributed by atoms with E-state index in [1.807, 2.05) is 6.20 Å². The third-order valence-electron chi connectivity index (χ3n) is 3.42. The highest BCUT2D eigenvalue weighted by molar-refractivity contribution is 5.35. The highest BCUT2D eigenvalue weighted by Gasteiger charge is 2.28. The maximum absolute atomic E-state index is 4.36. The Kier molecular flexibility index (Phi) is 2.94. The first kappa shape index (κ1) is 10.5. The van der Waals surface area contributed by atoms with E-state index in [2.05, 4.69) is 36.3 Å². The van der Waals surface area contributed by atoms with Crippen molar-refractivity contribution in [3.05, 3.63) is 23.9 Å². The molecule has 1 N–H and O–H groups in total. The lowest BCUT2D eigenvalue weighted by molar-refractivity contribution is 0.361. The summed E-state index contributed by atoms with van der Waals surface area (Å²) in [7, 11) is 0. The van der Waals surface area contributed by atoms with E-state index in [4.69, 9.17) is 0 Å². The van der Waals surface area contributed by atoms with E-state index in [-0.39, 0.29) is 0 Å². The van der Waals surface area contributed by atoms with Gasteiger partial charge in [-0.15, -0.1) is 0 Å². The minimum absolute atomic E-state index is 0.493. The Morgan fingerprint density at radius 3 is 2.67 bits per heavy atom. The maximum Gasteiger partial charge on any atom is 0.125 e. The van der Waals surface area contributed by atoms with Crippen LogP contribution in [0.2, 0.25) is 0 Å². The van der Waals surface area contributed by atoms with Crippen molar-refractivity contribution in [1.82, 2.24) is 4.98 Å². The van der Waals surface area contributed by atoms with Crippen LogP contribution in [-0.4, -0.2) is 11.5 Å². The summed E-state index contributed by atoms with van der Waals surface area (Å²) < 4.78 is 0. The van der Waals surface area contributed by atoms with Gasteiger partial charge in [0, 0.05) is 12.7 Å². The smallest absolute Gasteiger partial charge is 0.125 e. The minimum atomic E-state index is 0.493. The SMILES string of the molecule is Cc1ccc(NCC2(C)CCCC2)nc1. The number of pyridine rings is 1. The van der Waals surface area contributed by atoms with Crippen molar-refractivity contribution in [2.24, 2.45) is 5.41 Å². The van der Waals surface area contributed by atoms with Crippen molar-refractivity contribution in [3.63, 3.8) is 0 Å². The van der Waals surface area contributed by atoms with Crippen molar-refractivity contribution in [3.8, 4) is 0 Å². The zero-order chi connectivity index (χ0) is 10.7. The number of anilines is 1. The molecular weight excluding hydrogens is 184 g/mol. The number of nitrogens with zero attached hydrogens (tertiary/aromatic N) is 1. The fourth-order valence-corrected chi connectivity index (χ4v) is 2.28. The molecule has 0 atom stereocenters. The summed E-state index contributed by atoms with van der Waals surface area (Å²) >= 11 is 0. The lowest BCUT2D eigenvalue weighted by Crippen LogP contribution is -2.23. The molecule has 0 saturated heterocycles. The highest BCUT2D eigenvalue weighted by Crippen LogP contribution is 2.37. The van der Waals surface area contributed by atoms with Gasteiger partial charge in [0.15, 0.2) is 0 Å². The molecule has 1 aliphatic carbocycles. The van der Waals surface area contributed by atoms with E-state index < -0.39 is 0 Å². The number of hydrogen-bond acceptors (Lipinski definition) is 2. The second-order valence-electron chi connectivity index (χ2n) is 5.09. The van der Waals surface area contributed by atoms with E-state index in [9.17, 15) is 0 Å². The Bertz CT molecular complexity index is 310. The van der Waals surface area contributed by atoms with E-state index >= 15 is 0 Å². The fraction of sp³-hybridized carbons (Fsp3) is 0.615. The molecule has 2 rings (SSSR count). The van der Waals surface area contributed by atoms with Crippen LogP contribution >= 0.6 is 0 Å². The van der Waals surface area contributed by atoms with Gasteiger partial charge >= 0.3 is 0 Å². The lowest BCUT2D eigenvalue weighted by atomic mass is 9.89. The first-order chi connectivity index (χ1) is 7.18. The Morgan fingerprint density at radius 1 is 1.33 bits per heavy atom. The molecule has 0 bridgehead atoms. The van der Waals surface area contributed by atoms with Crippen molar-refractivity contribution in [2.75, 3.05) is 11.9 Å². The first-order valence-corrected chi connectivity index (χ1v) is 5.85. The zero-order valence-electron chi connectivity index (χ0n) is 9.71. The minimum Gasteiger partial charge on any atom is -0.370 e. The van der Waals surface area contributed by atoms with E-state index in [0.717, 1.165) is 12.4 Å². The van der Waals surface area contributed by atoms with Gasteiger partial charge in [0.2, 0.25) is 0 Å². The van der Waals surface area contributed by atoms with Gasteiger partial charge in [0.25, 0.3) is 0 Å². The third kappa shape index (κ3) is 2.71. The second kappa shape index (κ2) is 4.21. The summed E-state index contributed by atoms with van der Waals surface area (Å²) in [4.78, 5) is 4.36. The molecule has 0 aromatic carbocycles. The molecule has 0 spiro atoms. The number of nitrogens with one attached hydrogen (secondary N) is 1. The van der Waals surface area contributed by atoms with Gasteiger partial charge in [-0.05, 0) is 36.8 Å². The van der Waals surface area contributed by atoms with Gasteiger partial charge in [0.05, 0.1) is 0 Å². The van der Waals surface area contributed by atoms with Crippen LogP contribution in [0.4, 0.5) is 5.82 Å². The summed E-state index contributed by atoms with van der Waals surface area (Å²) in [6.45, 7) is 5.50. The molecule has 2 heteroatoms. The van der Waals surface area contributed by atoms with Crippen molar-refractivity contribution in [2.45, 2.75) is 39.5 Å². The first-order valence-electron chi connectivity index (χ1n) is 5.85. The number of aryl methyl sites for hydroxylation is 1.